The minimum Gasteiger partial charge on any atom is -0.476 e. The predicted octanol–water partition coefficient (Wildman–Crippen LogP) is 4.81. The van der Waals surface area contributed by atoms with Crippen LogP contribution in [0.25, 0.3) is 11.1 Å². The van der Waals surface area contributed by atoms with E-state index >= 15 is 0 Å². The van der Waals surface area contributed by atoms with Crippen molar-refractivity contribution in [3.05, 3.63) is 77.2 Å². The monoisotopic (exact) mass is 563 g/mol. The van der Waals surface area contributed by atoms with E-state index in [0.717, 1.165) is 22.3 Å². The minimum absolute atomic E-state index is 0.0908. The number of aromatic carboxylic acids is 1. The van der Waals surface area contributed by atoms with Gasteiger partial charge in [-0.05, 0) is 49.4 Å². The summed E-state index contributed by atoms with van der Waals surface area (Å²) in [5.41, 5.74) is 3.37. The van der Waals surface area contributed by atoms with Crippen molar-refractivity contribution in [2.24, 2.45) is 0 Å². The molecule has 2 amide bonds. The Bertz CT molecular complexity index is 1380. The summed E-state index contributed by atoms with van der Waals surface area (Å²) in [5.74, 6) is -1.23. The second kappa shape index (κ2) is 11.6. The number of benzene rings is 2. The zero-order valence-electron chi connectivity index (χ0n) is 23.2. The number of carboxylic acid groups (broad SMARTS) is 1. The first-order chi connectivity index (χ1) is 19.6. The topological polar surface area (TPSA) is 140 Å². The van der Waals surface area contributed by atoms with Gasteiger partial charge < -0.3 is 29.2 Å². The van der Waals surface area contributed by atoms with Gasteiger partial charge in [0.15, 0.2) is 11.5 Å². The summed E-state index contributed by atoms with van der Waals surface area (Å²) in [6.45, 7) is 5.74. The highest BCUT2D eigenvalue weighted by Gasteiger charge is 2.38. The normalized spacial score (nSPS) is 18.2. The Balaban J connectivity index is 1.38. The van der Waals surface area contributed by atoms with Crippen LogP contribution in [0.1, 0.15) is 60.5 Å². The van der Waals surface area contributed by atoms with E-state index < -0.39 is 35.8 Å². The zero-order chi connectivity index (χ0) is 29.1. The number of carbonyl (C=O) groups excluding carboxylic acids is 2. The van der Waals surface area contributed by atoms with Crippen LogP contribution in [0.5, 0.6) is 0 Å². The highest BCUT2D eigenvalue weighted by Crippen LogP contribution is 2.44. The fraction of sp³-hybridized carbons (Fsp3) is 0.400. The van der Waals surface area contributed by atoms with Gasteiger partial charge >= 0.3 is 18.2 Å². The van der Waals surface area contributed by atoms with Gasteiger partial charge in [0.25, 0.3) is 0 Å². The fourth-order valence-corrected chi connectivity index (χ4v) is 5.35. The first-order valence-electron chi connectivity index (χ1n) is 13.5. The Kier molecular flexibility index (Phi) is 7.98. The number of nitrogens with zero attached hydrogens (tertiary/aromatic N) is 2. The molecule has 1 saturated heterocycles. The standard InChI is InChI=1S/C30H33N3O8/c1-30(2,3)40-28(36)31-25-17-38-13-12-26(25)33(15-18-14-24(27(34)35)32-41-18)29(37)39-16-23-21-10-6-4-8-19(21)20-9-5-7-11-22(20)23/h4-11,14,23,25-26H,12-13,15-17H2,1-3H3,(H,31,36)(H,34,35)/t25-,26+/m1/s1. The van der Waals surface area contributed by atoms with Gasteiger partial charge in [-0.3, -0.25) is 4.90 Å². The second-order valence-electron chi connectivity index (χ2n) is 11.1. The zero-order valence-corrected chi connectivity index (χ0v) is 23.2. The lowest BCUT2D eigenvalue weighted by Gasteiger charge is -2.39. The Morgan fingerprint density at radius 2 is 1.73 bits per heavy atom. The van der Waals surface area contributed by atoms with Crippen molar-refractivity contribution in [1.29, 1.82) is 0 Å². The smallest absolute Gasteiger partial charge is 0.410 e. The van der Waals surface area contributed by atoms with E-state index in [0.29, 0.717) is 13.0 Å². The quantitative estimate of drug-likeness (QED) is 0.414. The van der Waals surface area contributed by atoms with E-state index in [-0.39, 0.29) is 37.1 Å². The molecule has 2 atom stereocenters. The molecule has 41 heavy (non-hydrogen) atoms. The summed E-state index contributed by atoms with van der Waals surface area (Å²) >= 11 is 0. The van der Waals surface area contributed by atoms with Crippen LogP contribution in [-0.2, 0) is 20.8 Å². The second-order valence-corrected chi connectivity index (χ2v) is 11.1. The number of fused-ring (bicyclic) bond motifs is 3. The van der Waals surface area contributed by atoms with Crippen molar-refractivity contribution in [2.45, 2.75) is 57.3 Å². The van der Waals surface area contributed by atoms with E-state index in [2.05, 4.69) is 22.6 Å². The third kappa shape index (κ3) is 6.35. The number of hydrogen-bond acceptors (Lipinski definition) is 8. The van der Waals surface area contributed by atoms with Gasteiger partial charge in [-0.25, -0.2) is 14.4 Å². The number of rotatable bonds is 7. The molecule has 2 aliphatic rings. The van der Waals surface area contributed by atoms with E-state index in [4.69, 9.17) is 18.7 Å². The molecule has 2 aromatic carbocycles. The van der Waals surface area contributed by atoms with Crippen molar-refractivity contribution >= 4 is 18.2 Å². The van der Waals surface area contributed by atoms with Crippen molar-refractivity contribution in [3.63, 3.8) is 0 Å². The number of carbonyl (C=O) groups is 3. The largest absolute Gasteiger partial charge is 0.476 e. The van der Waals surface area contributed by atoms with Gasteiger partial charge in [-0.15, -0.1) is 0 Å². The predicted molar refractivity (Wildman–Crippen MR) is 146 cm³/mol. The summed E-state index contributed by atoms with van der Waals surface area (Å²) < 4.78 is 22.2. The molecule has 216 valence electrons. The number of carboxylic acids is 1. The van der Waals surface area contributed by atoms with E-state index in [1.165, 1.54) is 11.0 Å². The molecule has 2 N–H and O–H groups in total. The van der Waals surface area contributed by atoms with Crippen LogP contribution in [0, 0.1) is 0 Å². The van der Waals surface area contributed by atoms with Crippen molar-refractivity contribution < 1.29 is 38.2 Å². The van der Waals surface area contributed by atoms with E-state index in [9.17, 15) is 19.5 Å². The highest BCUT2D eigenvalue weighted by atomic mass is 16.6. The molecule has 1 aromatic heterocycles. The number of hydrogen-bond donors (Lipinski definition) is 2. The first kappa shape index (κ1) is 28.2. The Morgan fingerprint density at radius 1 is 1.07 bits per heavy atom. The van der Waals surface area contributed by atoms with Gasteiger partial charge in [0.1, 0.15) is 12.2 Å². The molecule has 3 aromatic rings. The van der Waals surface area contributed by atoms with Crippen molar-refractivity contribution in [1.82, 2.24) is 15.4 Å². The third-order valence-electron chi connectivity index (χ3n) is 7.10. The average Bonchev–Trinajstić information content (AvgIpc) is 3.53. The van der Waals surface area contributed by atoms with Crippen LogP contribution in [0.4, 0.5) is 9.59 Å². The SMILES string of the molecule is CC(C)(C)OC(=O)N[C@@H]1COCC[C@@H]1N(Cc1cc(C(=O)O)no1)C(=O)OCC1c2ccccc2-c2ccccc21. The van der Waals surface area contributed by atoms with Crippen molar-refractivity contribution in [3.8, 4) is 11.1 Å². The highest BCUT2D eigenvalue weighted by molar-refractivity contribution is 5.85. The lowest BCUT2D eigenvalue weighted by molar-refractivity contribution is -0.00878. The van der Waals surface area contributed by atoms with Crippen LogP contribution in [0.3, 0.4) is 0 Å². The summed E-state index contributed by atoms with van der Waals surface area (Å²) in [7, 11) is 0. The number of nitrogens with one attached hydrogen (secondary N) is 1. The minimum atomic E-state index is -1.25. The summed E-state index contributed by atoms with van der Waals surface area (Å²) in [6, 6.07) is 16.2. The number of alkyl carbamates (subject to hydrolysis) is 1. The molecule has 0 bridgehead atoms. The molecule has 1 fully saturated rings. The van der Waals surface area contributed by atoms with Gasteiger partial charge in [0, 0.05) is 18.6 Å². The number of amides is 2. The maximum atomic E-state index is 13.8. The van der Waals surface area contributed by atoms with Gasteiger partial charge in [0.05, 0.1) is 25.2 Å². The van der Waals surface area contributed by atoms with Gasteiger partial charge in [-0.2, -0.15) is 0 Å². The van der Waals surface area contributed by atoms with Gasteiger partial charge in [0.2, 0.25) is 0 Å². The first-order valence-corrected chi connectivity index (χ1v) is 13.5. The third-order valence-corrected chi connectivity index (χ3v) is 7.10. The number of ether oxygens (including phenoxy) is 3. The Hall–Kier alpha value is -4.38. The maximum Gasteiger partial charge on any atom is 0.410 e. The van der Waals surface area contributed by atoms with Crippen molar-refractivity contribution in [2.75, 3.05) is 19.8 Å². The van der Waals surface area contributed by atoms with Crippen LogP contribution in [0.15, 0.2) is 59.1 Å². The molecular formula is C30H33N3O8. The molecule has 5 rings (SSSR count). The molecule has 1 aliphatic heterocycles. The van der Waals surface area contributed by atoms with Crippen LogP contribution in [-0.4, -0.2) is 70.8 Å². The van der Waals surface area contributed by atoms with Crippen LogP contribution < -0.4 is 5.32 Å². The van der Waals surface area contributed by atoms with E-state index in [1.807, 2.05) is 36.4 Å². The summed E-state index contributed by atoms with van der Waals surface area (Å²) in [4.78, 5) is 39.2. The molecule has 0 saturated carbocycles. The molecule has 2 heterocycles. The molecule has 1 aliphatic carbocycles. The summed E-state index contributed by atoms with van der Waals surface area (Å²) in [5, 5.41) is 15.7. The van der Waals surface area contributed by atoms with E-state index in [1.54, 1.807) is 20.8 Å². The lowest BCUT2D eigenvalue weighted by atomic mass is 9.98. The maximum absolute atomic E-state index is 13.8. The molecular weight excluding hydrogens is 530 g/mol. The number of aromatic nitrogens is 1. The fourth-order valence-electron chi connectivity index (χ4n) is 5.35. The molecule has 0 radical (unpaired) electrons. The summed E-state index contributed by atoms with van der Waals surface area (Å²) in [6.07, 6.45) is -0.883. The molecule has 11 nitrogen and oxygen atoms in total. The van der Waals surface area contributed by atoms with Gasteiger partial charge in [-0.1, -0.05) is 53.7 Å². The van der Waals surface area contributed by atoms with Crippen LogP contribution >= 0.6 is 0 Å². The molecule has 0 spiro atoms. The molecule has 0 unspecified atom stereocenters. The Labute approximate surface area is 237 Å². The lowest BCUT2D eigenvalue weighted by Crippen LogP contribution is -2.58. The Morgan fingerprint density at radius 3 is 2.34 bits per heavy atom. The molecule has 11 heteroatoms. The average molecular weight is 564 g/mol. The van der Waals surface area contributed by atoms with Crippen LogP contribution in [0.2, 0.25) is 0 Å².